The Morgan fingerprint density at radius 3 is 2.80 bits per heavy atom. The second kappa shape index (κ2) is 8.09. The van der Waals surface area contributed by atoms with Gasteiger partial charge in [-0.25, -0.2) is 0 Å². The fraction of sp³-hybridized carbons (Fsp3) is 0.368. The minimum atomic E-state index is -0.305. The molecule has 25 heavy (non-hydrogen) atoms. The number of piperidine rings is 1. The Kier molecular flexibility index (Phi) is 5.63. The molecular weight excluding hydrogens is 318 g/mol. The first kappa shape index (κ1) is 17.4. The molecule has 1 aliphatic heterocycles. The fourth-order valence-corrected chi connectivity index (χ4v) is 3.27. The second-order valence-electron chi connectivity index (χ2n) is 6.47. The zero-order valence-corrected chi connectivity index (χ0v) is 14.0. The van der Waals surface area contributed by atoms with Gasteiger partial charge in [-0.15, -0.1) is 0 Å². The number of aromatic nitrogens is 1. The zero-order valence-electron chi connectivity index (χ0n) is 14.0. The lowest BCUT2D eigenvalue weighted by atomic mass is 9.91. The molecule has 2 heterocycles. The quantitative estimate of drug-likeness (QED) is 0.757. The fourth-order valence-electron chi connectivity index (χ4n) is 3.27. The highest BCUT2D eigenvalue weighted by molar-refractivity contribution is 5.94. The maximum atomic E-state index is 12.4. The molecule has 0 saturated carbocycles. The molecule has 6 nitrogen and oxygen atoms in total. The van der Waals surface area contributed by atoms with Gasteiger partial charge in [0.2, 0.25) is 5.56 Å². The van der Waals surface area contributed by atoms with Crippen LogP contribution in [0.4, 0.5) is 0 Å². The van der Waals surface area contributed by atoms with Crippen molar-refractivity contribution in [2.45, 2.75) is 19.0 Å². The molecule has 2 atom stereocenters. The van der Waals surface area contributed by atoms with Crippen molar-refractivity contribution in [3.63, 3.8) is 0 Å². The Bertz CT molecular complexity index is 760. The van der Waals surface area contributed by atoms with E-state index in [1.165, 1.54) is 17.8 Å². The van der Waals surface area contributed by atoms with E-state index in [-0.39, 0.29) is 30.0 Å². The Morgan fingerprint density at radius 1 is 1.28 bits per heavy atom. The van der Waals surface area contributed by atoms with Gasteiger partial charge in [0.05, 0.1) is 0 Å². The largest absolute Gasteiger partial charge is 0.396 e. The van der Waals surface area contributed by atoms with Crippen molar-refractivity contribution in [3.05, 3.63) is 70.1 Å². The zero-order chi connectivity index (χ0) is 17.6. The van der Waals surface area contributed by atoms with Crippen LogP contribution in [0.15, 0.2) is 53.5 Å². The number of likely N-dealkylation sites (tertiary alicyclic amines) is 1. The highest BCUT2D eigenvalue weighted by Crippen LogP contribution is 2.19. The highest BCUT2D eigenvalue weighted by atomic mass is 16.3. The molecule has 1 aromatic heterocycles. The van der Waals surface area contributed by atoms with Crippen LogP contribution in [0.1, 0.15) is 22.3 Å². The molecule has 1 saturated heterocycles. The minimum absolute atomic E-state index is 0.0259. The number of aliphatic hydroxyl groups is 1. The molecule has 132 valence electrons. The minimum Gasteiger partial charge on any atom is -0.396 e. The number of amides is 1. The summed E-state index contributed by atoms with van der Waals surface area (Å²) in [5, 5.41) is 12.6. The van der Waals surface area contributed by atoms with E-state index >= 15 is 0 Å². The lowest BCUT2D eigenvalue weighted by Crippen LogP contribution is -2.53. The summed E-state index contributed by atoms with van der Waals surface area (Å²) in [5.74, 6) is -0.255. The number of aliphatic hydroxyl groups excluding tert-OH is 1. The molecular formula is C19H23N3O3. The summed E-state index contributed by atoms with van der Waals surface area (Å²) < 4.78 is 0. The lowest BCUT2D eigenvalue weighted by Gasteiger charge is -2.38. The van der Waals surface area contributed by atoms with Crippen LogP contribution in [0.25, 0.3) is 0 Å². The summed E-state index contributed by atoms with van der Waals surface area (Å²) in [4.78, 5) is 28.6. The number of aromatic amines is 1. The number of nitrogens with one attached hydrogen (secondary N) is 2. The SMILES string of the molecule is O=C(NC1CN(Cc2ccccc2)CCC1CO)c1cc[nH]c(=O)c1. The van der Waals surface area contributed by atoms with Gasteiger partial charge in [-0.2, -0.15) is 0 Å². The predicted octanol–water partition coefficient (Wildman–Crippen LogP) is 0.988. The van der Waals surface area contributed by atoms with Crippen LogP contribution in [-0.2, 0) is 6.54 Å². The highest BCUT2D eigenvalue weighted by Gasteiger charge is 2.30. The van der Waals surface area contributed by atoms with Gasteiger partial charge in [0.15, 0.2) is 0 Å². The third-order valence-electron chi connectivity index (χ3n) is 4.68. The molecule has 1 fully saturated rings. The molecule has 0 radical (unpaired) electrons. The summed E-state index contributed by atoms with van der Waals surface area (Å²) in [7, 11) is 0. The summed E-state index contributed by atoms with van der Waals surface area (Å²) in [6.07, 6.45) is 2.28. The van der Waals surface area contributed by atoms with Crippen LogP contribution >= 0.6 is 0 Å². The van der Waals surface area contributed by atoms with E-state index in [1.54, 1.807) is 6.07 Å². The maximum Gasteiger partial charge on any atom is 0.251 e. The molecule has 3 N–H and O–H groups in total. The number of hydrogen-bond donors (Lipinski definition) is 3. The van der Waals surface area contributed by atoms with Crippen LogP contribution in [0.2, 0.25) is 0 Å². The van der Waals surface area contributed by atoms with Gasteiger partial charge >= 0.3 is 0 Å². The van der Waals surface area contributed by atoms with Crippen molar-refractivity contribution in [2.24, 2.45) is 5.92 Å². The molecule has 2 unspecified atom stereocenters. The van der Waals surface area contributed by atoms with E-state index < -0.39 is 0 Å². The Labute approximate surface area is 146 Å². The molecule has 0 spiro atoms. The Morgan fingerprint density at radius 2 is 2.08 bits per heavy atom. The molecule has 6 heteroatoms. The third-order valence-corrected chi connectivity index (χ3v) is 4.68. The van der Waals surface area contributed by atoms with Crippen molar-refractivity contribution in [2.75, 3.05) is 19.7 Å². The third kappa shape index (κ3) is 4.55. The number of pyridine rings is 1. The van der Waals surface area contributed by atoms with Crippen LogP contribution in [0, 0.1) is 5.92 Å². The van der Waals surface area contributed by atoms with Gasteiger partial charge in [-0.3, -0.25) is 14.5 Å². The van der Waals surface area contributed by atoms with Crippen molar-refractivity contribution >= 4 is 5.91 Å². The van der Waals surface area contributed by atoms with Crippen LogP contribution in [0.3, 0.4) is 0 Å². The summed E-state index contributed by atoms with van der Waals surface area (Å²) in [6.45, 7) is 2.42. The van der Waals surface area contributed by atoms with Crippen LogP contribution in [0.5, 0.6) is 0 Å². The standard InChI is InChI=1S/C19H23N3O3/c23-13-16-7-9-22(11-14-4-2-1-3-5-14)12-17(16)21-19(25)15-6-8-20-18(24)10-15/h1-6,8,10,16-17,23H,7,9,11-13H2,(H,20,24)(H,21,25). The Balaban J connectivity index is 1.66. The lowest BCUT2D eigenvalue weighted by molar-refractivity contribution is 0.0730. The van der Waals surface area contributed by atoms with E-state index in [0.717, 1.165) is 19.5 Å². The number of nitrogens with zero attached hydrogens (tertiary/aromatic N) is 1. The normalized spacial score (nSPS) is 21.0. The average Bonchev–Trinajstić information content (AvgIpc) is 2.63. The summed E-state index contributed by atoms with van der Waals surface area (Å²) >= 11 is 0. The smallest absolute Gasteiger partial charge is 0.251 e. The van der Waals surface area contributed by atoms with Crippen molar-refractivity contribution < 1.29 is 9.90 Å². The van der Waals surface area contributed by atoms with E-state index in [1.807, 2.05) is 18.2 Å². The maximum absolute atomic E-state index is 12.4. The first-order valence-corrected chi connectivity index (χ1v) is 8.52. The molecule has 0 aliphatic carbocycles. The number of rotatable bonds is 5. The molecule has 3 rings (SSSR count). The number of benzene rings is 1. The monoisotopic (exact) mass is 341 g/mol. The first-order valence-electron chi connectivity index (χ1n) is 8.52. The van der Waals surface area contributed by atoms with E-state index in [4.69, 9.17) is 0 Å². The van der Waals surface area contributed by atoms with Crippen molar-refractivity contribution in [1.29, 1.82) is 0 Å². The van der Waals surface area contributed by atoms with E-state index in [9.17, 15) is 14.7 Å². The number of H-pyrrole nitrogens is 1. The molecule has 2 aromatic rings. The number of carbonyl (C=O) groups excluding carboxylic acids is 1. The van der Waals surface area contributed by atoms with E-state index in [2.05, 4.69) is 27.3 Å². The van der Waals surface area contributed by atoms with Gasteiger partial charge in [-0.05, 0) is 24.6 Å². The Hall–Kier alpha value is -2.44. The van der Waals surface area contributed by atoms with Gasteiger partial charge in [0.1, 0.15) is 0 Å². The summed E-state index contributed by atoms with van der Waals surface area (Å²) in [5.41, 5.74) is 1.26. The van der Waals surface area contributed by atoms with Gasteiger partial charge in [-0.1, -0.05) is 30.3 Å². The second-order valence-corrected chi connectivity index (χ2v) is 6.47. The van der Waals surface area contributed by atoms with Crippen molar-refractivity contribution in [1.82, 2.24) is 15.2 Å². The van der Waals surface area contributed by atoms with Crippen molar-refractivity contribution in [3.8, 4) is 0 Å². The predicted molar refractivity (Wildman–Crippen MR) is 95.2 cm³/mol. The van der Waals surface area contributed by atoms with Crippen LogP contribution in [-0.4, -0.2) is 46.6 Å². The van der Waals surface area contributed by atoms with E-state index in [0.29, 0.717) is 12.1 Å². The number of hydrogen-bond acceptors (Lipinski definition) is 4. The molecule has 1 aromatic carbocycles. The topological polar surface area (TPSA) is 85.4 Å². The molecule has 1 aliphatic rings. The van der Waals surface area contributed by atoms with Gasteiger partial charge in [0, 0.05) is 49.5 Å². The summed E-state index contributed by atoms with van der Waals surface area (Å²) in [6, 6.07) is 12.9. The molecule has 1 amide bonds. The number of carbonyl (C=O) groups is 1. The first-order chi connectivity index (χ1) is 12.2. The van der Waals surface area contributed by atoms with Gasteiger partial charge in [0.25, 0.3) is 5.91 Å². The van der Waals surface area contributed by atoms with Gasteiger partial charge < -0.3 is 15.4 Å². The molecule has 0 bridgehead atoms. The average molecular weight is 341 g/mol. The van der Waals surface area contributed by atoms with Crippen LogP contribution < -0.4 is 10.9 Å².